The van der Waals surface area contributed by atoms with Gasteiger partial charge in [0.2, 0.25) is 0 Å². The number of thioether (sulfide) groups is 2. The van der Waals surface area contributed by atoms with Crippen molar-refractivity contribution < 1.29 is 9.59 Å². The lowest BCUT2D eigenvalue weighted by Crippen LogP contribution is -2.52. The molecule has 7 heteroatoms. The predicted molar refractivity (Wildman–Crippen MR) is 139 cm³/mol. The number of amides is 2. The molecule has 1 heterocycles. The fourth-order valence-corrected chi connectivity index (χ4v) is 6.71. The summed E-state index contributed by atoms with van der Waals surface area (Å²) in [5.74, 6) is 0.0776. The zero-order chi connectivity index (χ0) is 23.6. The van der Waals surface area contributed by atoms with Crippen LogP contribution in [0.3, 0.4) is 0 Å². The van der Waals surface area contributed by atoms with Crippen LogP contribution < -0.4 is 5.32 Å². The van der Waals surface area contributed by atoms with E-state index in [4.69, 9.17) is 0 Å². The van der Waals surface area contributed by atoms with Crippen LogP contribution in [0.5, 0.6) is 0 Å². The summed E-state index contributed by atoms with van der Waals surface area (Å²) in [6, 6.07) is 4.28. The molecular weight excluding hydrogens is 450 g/mol. The smallest absolute Gasteiger partial charge is 0.319 e. The zero-order valence-electron chi connectivity index (χ0n) is 20.0. The molecule has 5 nitrogen and oxygen atoms in total. The van der Waals surface area contributed by atoms with Crippen LogP contribution in [-0.4, -0.2) is 33.8 Å². The van der Waals surface area contributed by atoms with E-state index in [1.54, 1.807) is 12.3 Å². The van der Waals surface area contributed by atoms with Gasteiger partial charge in [-0.3, -0.25) is 4.79 Å². The molecule has 1 N–H and O–H groups in total. The number of pyridine rings is 1. The molecule has 0 atom stereocenters. The molecule has 0 saturated heterocycles. The van der Waals surface area contributed by atoms with Crippen LogP contribution in [-0.2, 0) is 0 Å². The van der Waals surface area contributed by atoms with Crippen molar-refractivity contribution in [1.82, 2.24) is 15.2 Å². The molecule has 0 radical (unpaired) electrons. The van der Waals surface area contributed by atoms with Gasteiger partial charge >= 0.3 is 6.03 Å². The van der Waals surface area contributed by atoms with Crippen molar-refractivity contribution >= 4 is 35.3 Å². The van der Waals surface area contributed by atoms with Gasteiger partial charge < -0.3 is 10.2 Å². The van der Waals surface area contributed by atoms with Crippen molar-refractivity contribution in [3.63, 3.8) is 0 Å². The van der Waals surface area contributed by atoms with Crippen molar-refractivity contribution in [1.29, 1.82) is 0 Å². The van der Waals surface area contributed by atoms with Crippen LogP contribution >= 0.6 is 23.5 Å². The molecule has 1 aromatic heterocycles. The predicted octanol–water partition coefficient (Wildman–Crippen LogP) is 7.51. The van der Waals surface area contributed by atoms with E-state index in [1.807, 2.05) is 26.0 Å². The van der Waals surface area contributed by atoms with E-state index < -0.39 is 0 Å². The van der Waals surface area contributed by atoms with Crippen molar-refractivity contribution in [2.75, 3.05) is 0 Å². The van der Waals surface area contributed by atoms with E-state index in [0.717, 1.165) is 29.9 Å². The first kappa shape index (κ1) is 25.9. The number of rotatable bonds is 9. The molecule has 0 unspecified atom stereocenters. The number of allylic oxidation sites excluding steroid dienone is 1. The largest absolute Gasteiger partial charge is 0.322 e. The van der Waals surface area contributed by atoms with Crippen molar-refractivity contribution in [2.45, 2.75) is 102 Å². The Bertz CT molecular complexity index is 841. The van der Waals surface area contributed by atoms with Crippen molar-refractivity contribution in [3.8, 4) is 0 Å². The van der Waals surface area contributed by atoms with Gasteiger partial charge in [0.25, 0.3) is 0 Å². The van der Waals surface area contributed by atoms with Gasteiger partial charge in [-0.1, -0.05) is 81.6 Å². The van der Waals surface area contributed by atoms with E-state index in [1.165, 1.54) is 62.0 Å². The first-order valence-corrected chi connectivity index (χ1v) is 13.9. The number of hydrogen-bond acceptors (Lipinski definition) is 5. The third kappa shape index (κ3) is 7.38. The number of carbonyl (C=O) groups is 2. The Balaban J connectivity index is 1.64. The molecule has 2 saturated carbocycles. The third-order valence-corrected chi connectivity index (χ3v) is 8.71. The maximum absolute atomic E-state index is 13.4. The number of Topliss-reactive ketones (excluding diaryl/α,β-unsaturated/α-hetero) is 1. The summed E-state index contributed by atoms with van der Waals surface area (Å²) >= 11 is 2.87. The first-order valence-electron chi connectivity index (χ1n) is 12.3. The first-order chi connectivity index (χ1) is 16.0. The minimum atomic E-state index is -0.00793. The highest BCUT2D eigenvalue weighted by molar-refractivity contribution is 8.23. The van der Waals surface area contributed by atoms with Gasteiger partial charge in [-0.25, -0.2) is 9.78 Å². The van der Waals surface area contributed by atoms with Gasteiger partial charge in [0, 0.05) is 28.9 Å². The molecule has 3 rings (SSSR count). The number of ketones is 1. The van der Waals surface area contributed by atoms with Gasteiger partial charge in [-0.15, -0.1) is 0 Å². The van der Waals surface area contributed by atoms with Crippen molar-refractivity contribution in [2.24, 2.45) is 0 Å². The lowest BCUT2D eigenvalue weighted by Gasteiger charge is -2.41. The summed E-state index contributed by atoms with van der Waals surface area (Å²) in [5, 5.41) is 4.39. The third-order valence-electron chi connectivity index (χ3n) is 6.47. The standard InChI is InChI=1S/C26H37N3O2S2/c1-4-23(30)22-17-12-18-27-25(22)33-24(5-2)32-19(3)28-26(31)29(20-13-8-6-9-14-20)21-15-10-7-11-16-21/h5,12,17-18,20-21H,3-4,6-11,13-16H2,1-2H3,(H,28,31)/b24-5+. The molecule has 0 aliphatic heterocycles. The molecule has 2 fully saturated rings. The van der Waals surface area contributed by atoms with Crippen LogP contribution in [0.2, 0.25) is 0 Å². The highest BCUT2D eigenvalue weighted by atomic mass is 32.2. The number of urea groups is 1. The lowest BCUT2D eigenvalue weighted by molar-refractivity contribution is 0.0984. The second-order valence-corrected chi connectivity index (χ2v) is 11.2. The molecule has 33 heavy (non-hydrogen) atoms. The van der Waals surface area contributed by atoms with Crippen LogP contribution in [0.1, 0.15) is 94.8 Å². The van der Waals surface area contributed by atoms with Crippen LogP contribution in [0, 0.1) is 0 Å². The molecule has 2 aliphatic rings. The molecule has 2 amide bonds. The maximum Gasteiger partial charge on any atom is 0.322 e. The minimum absolute atomic E-state index is 0.00793. The molecule has 0 spiro atoms. The summed E-state index contributed by atoms with van der Waals surface area (Å²) in [4.78, 5) is 32.3. The summed E-state index contributed by atoms with van der Waals surface area (Å²) in [7, 11) is 0. The molecule has 1 aromatic rings. The summed E-state index contributed by atoms with van der Waals surface area (Å²) in [6.07, 6.45) is 15.9. The van der Waals surface area contributed by atoms with E-state index in [0.29, 0.717) is 34.1 Å². The number of hydrogen-bond donors (Lipinski definition) is 1. The quantitative estimate of drug-likeness (QED) is 0.288. The summed E-state index contributed by atoms with van der Waals surface area (Å²) < 4.78 is 0.936. The monoisotopic (exact) mass is 487 g/mol. The highest BCUT2D eigenvalue weighted by Gasteiger charge is 2.32. The van der Waals surface area contributed by atoms with Crippen LogP contribution in [0.25, 0.3) is 0 Å². The van der Waals surface area contributed by atoms with E-state index in [2.05, 4.69) is 21.8 Å². The van der Waals surface area contributed by atoms with Crippen LogP contribution in [0.15, 0.2) is 45.3 Å². The topological polar surface area (TPSA) is 62.3 Å². The zero-order valence-corrected chi connectivity index (χ0v) is 21.6. The second-order valence-electron chi connectivity index (χ2n) is 8.79. The highest BCUT2D eigenvalue weighted by Crippen LogP contribution is 2.38. The molecule has 2 aliphatic carbocycles. The minimum Gasteiger partial charge on any atom is -0.319 e. The second kappa shape index (κ2) is 13.2. The summed E-state index contributed by atoms with van der Waals surface area (Å²) in [6.45, 7) is 7.94. The Labute approximate surface area is 207 Å². The van der Waals surface area contributed by atoms with E-state index in [-0.39, 0.29) is 11.8 Å². The fraction of sp³-hybridized carbons (Fsp3) is 0.577. The average molecular weight is 488 g/mol. The molecule has 0 bridgehead atoms. The number of carbonyl (C=O) groups excluding carboxylic acids is 2. The molecular formula is C26H37N3O2S2. The number of nitrogens with one attached hydrogen (secondary N) is 1. The Kier molecular flexibility index (Phi) is 10.4. The normalized spacial score (nSPS) is 18.1. The van der Waals surface area contributed by atoms with E-state index in [9.17, 15) is 9.59 Å². The number of nitrogens with zero attached hydrogens (tertiary/aromatic N) is 2. The Morgan fingerprint density at radius 1 is 1.12 bits per heavy atom. The number of aromatic nitrogens is 1. The SMILES string of the molecule is C=C(NC(=O)N(C1CCCCC1)C1CCCCC1)S/C(=C\C)Sc1ncccc1C(=O)CC. The van der Waals surface area contributed by atoms with Gasteiger partial charge in [0.1, 0.15) is 5.03 Å². The van der Waals surface area contributed by atoms with Gasteiger partial charge in [0.15, 0.2) is 5.78 Å². The molecule has 0 aromatic carbocycles. The molecule has 180 valence electrons. The maximum atomic E-state index is 13.4. The fourth-order valence-electron chi connectivity index (χ4n) is 4.79. The average Bonchev–Trinajstić information content (AvgIpc) is 2.85. The van der Waals surface area contributed by atoms with Gasteiger partial charge in [-0.2, -0.15) is 0 Å². The van der Waals surface area contributed by atoms with Crippen molar-refractivity contribution in [3.05, 3.63) is 45.8 Å². The van der Waals surface area contributed by atoms with Gasteiger partial charge in [-0.05, 0) is 44.7 Å². The van der Waals surface area contributed by atoms with E-state index >= 15 is 0 Å². The van der Waals surface area contributed by atoms with Crippen LogP contribution in [0.4, 0.5) is 4.79 Å². The summed E-state index contributed by atoms with van der Waals surface area (Å²) in [5.41, 5.74) is 0.639. The lowest BCUT2D eigenvalue weighted by atomic mass is 9.89. The Morgan fingerprint density at radius 2 is 1.73 bits per heavy atom. The Hall–Kier alpha value is -1.73. The Morgan fingerprint density at radius 3 is 2.27 bits per heavy atom. The van der Waals surface area contributed by atoms with Gasteiger partial charge in [0.05, 0.1) is 10.6 Å².